The molecule has 22 heavy (non-hydrogen) atoms. The fourth-order valence-corrected chi connectivity index (χ4v) is 1.75. The molecule has 1 aromatic carbocycles. The standard InChI is InChI=1S/C14H15F3N2O3/c1-7(12(20)19-9-3-4-9)22-13(21)10-5-2-8(6-11(10)18)14(15,16)17/h2,5-7,9H,3-4,18H2,1H3,(H,19,20)/t7-/m1/s1. The second-order valence-electron chi connectivity index (χ2n) is 5.13. The summed E-state index contributed by atoms with van der Waals surface area (Å²) >= 11 is 0. The molecule has 0 radical (unpaired) electrons. The monoisotopic (exact) mass is 316 g/mol. The quantitative estimate of drug-likeness (QED) is 0.658. The molecule has 0 unspecified atom stereocenters. The summed E-state index contributed by atoms with van der Waals surface area (Å²) in [4.78, 5) is 23.5. The number of nitrogens with two attached hydrogens (primary N) is 1. The SMILES string of the molecule is C[C@@H](OC(=O)c1ccc(C(F)(F)F)cc1N)C(=O)NC1CC1. The topological polar surface area (TPSA) is 81.4 Å². The van der Waals surface area contributed by atoms with Crippen LogP contribution in [-0.4, -0.2) is 24.0 Å². The molecule has 1 amide bonds. The van der Waals surface area contributed by atoms with Crippen LogP contribution in [0.25, 0.3) is 0 Å². The lowest BCUT2D eigenvalue weighted by atomic mass is 10.1. The van der Waals surface area contributed by atoms with Crippen molar-refractivity contribution in [2.45, 2.75) is 38.1 Å². The first-order chi connectivity index (χ1) is 10.2. The van der Waals surface area contributed by atoms with Crippen molar-refractivity contribution in [1.29, 1.82) is 0 Å². The van der Waals surface area contributed by atoms with Crippen molar-refractivity contribution in [3.8, 4) is 0 Å². The highest BCUT2D eigenvalue weighted by Crippen LogP contribution is 2.31. The molecule has 5 nitrogen and oxygen atoms in total. The van der Waals surface area contributed by atoms with Gasteiger partial charge in [0.2, 0.25) is 0 Å². The van der Waals surface area contributed by atoms with Gasteiger partial charge < -0.3 is 15.8 Å². The first-order valence-corrected chi connectivity index (χ1v) is 6.66. The van der Waals surface area contributed by atoms with E-state index < -0.39 is 29.7 Å². The van der Waals surface area contributed by atoms with Gasteiger partial charge in [-0.25, -0.2) is 4.79 Å². The molecule has 1 aromatic rings. The van der Waals surface area contributed by atoms with Gasteiger partial charge in [0.05, 0.1) is 11.1 Å². The highest BCUT2D eigenvalue weighted by Gasteiger charge is 2.32. The molecule has 8 heteroatoms. The van der Waals surface area contributed by atoms with E-state index in [1.807, 2.05) is 0 Å². The van der Waals surface area contributed by atoms with Crippen LogP contribution in [0, 0.1) is 0 Å². The Morgan fingerprint density at radius 2 is 2.00 bits per heavy atom. The van der Waals surface area contributed by atoms with E-state index in [4.69, 9.17) is 10.5 Å². The van der Waals surface area contributed by atoms with Crippen LogP contribution >= 0.6 is 0 Å². The smallest absolute Gasteiger partial charge is 0.416 e. The third-order valence-corrected chi connectivity index (χ3v) is 3.18. The van der Waals surface area contributed by atoms with Crippen molar-refractivity contribution < 1.29 is 27.5 Å². The molecule has 0 spiro atoms. The number of carbonyl (C=O) groups is 2. The van der Waals surface area contributed by atoms with E-state index in [0.29, 0.717) is 6.07 Å². The maximum atomic E-state index is 12.5. The molecule has 0 saturated heterocycles. The number of esters is 1. The van der Waals surface area contributed by atoms with Crippen molar-refractivity contribution in [2.75, 3.05) is 5.73 Å². The molecule has 0 bridgehead atoms. The normalized spacial score (nSPS) is 16.0. The second kappa shape index (κ2) is 5.86. The number of halogens is 3. The van der Waals surface area contributed by atoms with Gasteiger partial charge in [-0.15, -0.1) is 0 Å². The third-order valence-electron chi connectivity index (χ3n) is 3.18. The maximum Gasteiger partial charge on any atom is 0.416 e. The largest absolute Gasteiger partial charge is 0.449 e. The molecule has 120 valence electrons. The number of benzene rings is 1. The highest BCUT2D eigenvalue weighted by molar-refractivity contribution is 5.96. The van der Waals surface area contributed by atoms with E-state index in [0.717, 1.165) is 25.0 Å². The van der Waals surface area contributed by atoms with Crippen molar-refractivity contribution >= 4 is 17.6 Å². The van der Waals surface area contributed by atoms with Crippen LogP contribution in [0.4, 0.5) is 18.9 Å². The van der Waals surface area contributed by atoms with Crippen molar-refractivity contribution in [3.63, 3.8) is 0 Å². The molecule has 1 aliphatic rings. The fourth-order valence-electron chi connectivity index (χ4n) is 1.75. The number of hydrogen-bond donors (Lipinski definition) is 2. The van der Waals surface area contributed by atoms with Gasteiger partial charge in [0.15, 0.2) is 6.10 Å². The molecule has 0 aromatic heterocycles. The Kier molecular flexibility index (Phi) is 4.30. The molecule has 1 fully saturated rings. The summed E-state index contributed by atoms with van der Waals surface area (Å²) in [5.41, 5.74) is 3.94. The Morgan fingerprint density at radius 1 is 1.36 bits per heavy atom. The summed E-state index contributed by atoms with van der Waals surface area (Å²) in [6, 6.07) is 2.45. The summed E-state index contributed by atoms with van der Waals surface area (Å²) in [6.07, 6.45) is -3.82. The molecule has 0 heterocycles. The number of hydrogen-bond acceptors (Lipinski definition) is 4. The van der Waals surface area contributed by atoms with Gasteiger partial charge >= 0.3 is 12.1 Å². The Labute approximate surface area is 124 Å². The van der Waals surface area contributed by atoms with Gasteiger partial charge in [-0.05, 0) is 38.0 Å². The molecule has 2 rings (SSSR count). The van der Waals surface area contributed by atoms with E-state index in [-0.39, 0.29) is 17.3 Å². The van der Waals surface area contributed by atoms with E-state index in [1.165, 1.54) is 6.92 Å². The lowest BCUT2D eigenvalue weighted by Crippen LogP contribution is -2.37. The minimum atomic E-state index is -4.55. The summed E-state index contributed by atoms with van der Waals surface area (Å²) in [5, 5.41) is 2.66. The van der Waals surface area contributed by atoms with Gasteiger partial charge in [0, 0.05) is 11.7 Å². The van der Waals surface area contributed by atoms with Crippen molar-refractivity contribution in [2.24, 2.45) is 0 Å². The predicted molar refractivity (Wildman–Crippen MR) is 71.9 cm³/mol. The molecular weight excluding hydrogens is 301 g/mol. The second-order valence-corrected chi connectivity index (χ2v) is 5.13. The van der Waals surface area contributed by atoms with Gasteiger partial charge in [0.1, 0.15) is 0 Å². The van der Waals surface area contributed by atoms with E-state index in [2.05, 4.69) is 5.32 Å². The number of alkyl halides is 3. The third kappa shape index (κ3) is 3.90. The minimum absolute atomic E-state index is 0.116. The average molecular weight is 316 g/mol. The van der Waals surface area contributed by atoms with Crippen molar-refractivity contribution in [1.82, 2.24) is 5.32 Å². The van der Waals surface area contributed by atoms with Gasteiger partial charge in [-0.3, -0.25) is 4.79 Å². The molecule has 0 aliphatic heterocycles. The lowest BCUT2D eigenvalue weighted by molar-refractivity contribution is -0.137. The van der Waals surface area contributed by atoms with Crippen LogP contribution in [0.5, 0.6) is 0 Å². The number of nitrogen functional groups attached to an aromatic ring is 1. The first kappa shape index (κ1) is 16.1. The number of ether oxygens (including phenoxy) is 1. The van der Waals surface area contributed by atoms with Crippen LogP contribution in [-0.2, 0) is 15.7 Å². The summed E-state index contributed by atoms with van der Waals surface area (Å²) < 4.78 is 42.5. The molecule has 1 saturated carbocycles. The zero-order chi connectivity index (χ0) is 16.5. The molecule has 1 atom stereocenters. The van der Waals surface area contributed by atoms with E-state index in [1.54, 1.807) is 0 Å². The fraction of sp³-hybridized carbons (Fsp3) is 0.429. The Bertz CT molecular complexity index is 597. The summed E-state index contributed by atoms with van der Waals surface area (Å²) in [7, 11) is 0. The van der Waals surface area contributed by atoms with E-state index >= 15 is 0 Å². The highest BCUT2D eigenvalue weighted by atomic mass is 19.4. The molecular formula is C14H15F3N2O3. The van der Waals surface area contributed by atoms with Crippen LogP contribution in [0.2, 0.25) is 0 Å². The van der Waals surface area contributed by atoms with Gasteiger partial charge in [-0.2, -0.15) is 13.2 Å². The summed E-state index contributed by atoms with van der Waals surface area (Å²) in [6.45, 7) is 1.38. The number of nitrogens with one attached hydrogen (secondary N) is 1. The zero-order valence-electron chi connectivity index (χ0n) is 11.7. The average Bonchev–Trinajstić information content (AvgIpc) is 3.21. The Hall–Kier alpha value is -2.25. The summed E-state index contributed by atoms with van der Waals surface area (Å²) in [5.74, 6) is -1.38. The minimum Gasteiger partial charge on any atom is -0.449 e. The first-order valence-electron chi connectivity index (χ1n) is 6.66. The lowest BCUT2D eigenvalue weighted by Gasteiger charge is -2.15. The zero-order valence-corrected chi connectivity index (χ0v) is 11.7. The number of amides is 1. The van der Waals surface area contributed by atoms with Gasteiger partial charge in [0.25, 0.3) is 5.91 Å². The Morgan fingerprint density at radius 3 is 2.50 bits per heavy atom. The molecule has 3 N–H and O–H groups in total. The Balaban J connectivity index is 2.04. The number of rotatable bonds is 4. The van der Waals surface area contributed by atoms with Crippen LogP contribution in [0.3, 0.4) is 0 Å². The van der Waals surface area contributed by atoms with Crippen molar-refractivity contribution in [3.05, 3.63) is 29.3 Å². The van der Waals surface area contributed by atoms with Crippen LogP contribution in [0.15, 0.2) is 18.2 Å². The maximum absolute atomic E-state index is 12.5. The molecule has 1 aliphatic carbocycles. The number of carbonyl (C=O) groups excluding carboxylic acids is 2. The van der Waals surface area contributed by atoms with Crippen LogP contribution in [0.1, 0.15) is 35.7 Å². The van der Waals surface area contributed by atoms with Crippen LogP contribution < -0.4 is 11.1 Å². The van der Waals surface area contributed by atoms with Gasteiger partial charge in [-0.1, -0.05) is 0 Å². The number of anilines is 1. The predicted octanol–water partition coefficient (Wildman–Crippen LogP) is 2.11. The van der Waals surface area contributed by atoms with E-state index in [9.17, 15) is 22.8 Å².